The van der Waals surface area contributed by atoms with Crippen molar-refractivity contribution in [1.82, 2.24) is 0 Å². The normalized spacial score (nSPS) is 22.7. The van der Waals surface area contributed by atoms with E-state index in [1.54, 1.807) is 19.1 Å². The number of hydrogen-bond donors (Lipinski definition) is 0. The fourth-order valence-corrected chi connectivity index (χ4v) is 4.70. The van der Waals surface area contributed by atoms with Gasteiger partial charge in [0.05, 0.1) is 11.7 Å². The molecule has 3 heteroatoms. The van der Waals surface area contributed by atoms with E-state index in [0.29, 0.717) is 34.8 Å². The van der Waals surface area contributed by atoms with Crippen LogP contribution in [0, 0.1) is 0 Å². The fourth-order valence-electron chi connectivity index (χ4n) is 4.70. The summed E-state index contributed by atoms with van der Waals surface area (Å²) < 4.78 is 5.99. The van der Waals surface area contributed by atoms with E-state index in [0.717, 1.165) is 38.5 Å². The maximum atomic E-state index is 12.9. The number of fused-ring (bicyclic) bond motifs is 1. The number of benzene rings is 1. The van der Waals surface area contributed by atoms with Crippen LogP contribution in [-0.4, -0.2) is 23.3 Å². The Balaban J connectivity index is 1.44. The van der Waals surface area contributed by atoms with Crippen molar-refractivity contribution in [2.45, 2.75) is 98.2 Å². The highest BCUT2D eigenvalue weighted by molar-refractivity contribution is 6.26. The van der Waals surface area contributed by atoms with Crippen LogP contribution in [-0.2, 0) is 4.74 Å². The molecule has 2 unspecified atom stereocenters. The quantitative estimate of drug-likeness (QED) is 0.247. The molecule has 1 aliphatic carbocycles. The largest absolute Gasteiger partial charge is 0.366 e. The van der Waals surface area contributed by atoms with Crippen LogP contribution < -0.4 is 0 Å². The van der Waals surface area contributed by atoms with Crippen LogP contribution in [0.4, 0.5) is 0 Å². The summed E-state index contributed by atoms with van der Waals surface area (Å²) in [5.74, 6) is -0.0369. The highest BCUT2D eigenvalue weighted by Gasteiger charge is 2.50. The second kappa shape index (κ2) is 11.3. The molecule has 1 aromatic carbocycles. The molecule has 1 heterocycles. The van der Waals surface area contributed by atoms with Gasteiger partial charge in [-0.3, -0.25) is 9.59 Å². The lowest BCUT2D eigenvalue weighted by molar-refractivity contribution is 0.0973. The lowest BCUT2D eigenvalue weighted by Gasteiger charge is -2.18. The molecule has 0 aromatic heterocycles. The zero-order valence-corrected chi connectivity index (χ0v) is 21.8. The van der Waals surface area contributed by atoms with E-state index < -0.39 is 0 Å². The second-order valence-electron chi connectivity index (χ2n) is 10.4. The molecule has 0 spiro atoms. The van der Waals surface area contributed by atoms with Crippen molar-refractivity contribution in [2.24, 2.45) is 0 Å². The van der Waals surface area contributed by atoms with Crippen LogP contribution >= 0.6 is 0 Å². The van der Waals surface area contributed by atoms with Crippen LogP contribution in [0.1, 0.15) is 107 Å². The number of carbonyl (C=O) groups excluding carboxylic acids is 2. The van der Waals surface area contributed by atoms with Gasteiger partial charge in [0.25, 0.3) is 0 Å². The topological polar surface area (TPSA) is 46.7 Å². The predicted molar refractivity (Wildman–Crippen MR) is 140 cm³/mol. The average Bonchev–Trinajstić information content (AvgIpc) is 3.45. The van der Waals surface area contributed by atoms with Crippen LogP contribution in [0.25, 0.3) is 0 Å². The van der Waals surface area contributed by atoms with Gasteiger partial charge in [-0.2, -0.15) is 0 Å². The van der Waals surface area contributed by atoms with Gasteiger partial charge in [-0.1, -0.05) is 59.2 Å². The van der Waals surface area contributed by atoms with E-state index in [-0.39, 0.29) is 17.2 Å². The molecule has 3 nitrogen and oxygen atoms in total. The van der Waals surface area contributed by atoms with E-state index >= 15 is 0 Å². The Hall–Kier alpha value is -2.52. The molecule has 0 N–H and O–H groups in total. The first kappa shape index (κ1) is 26.1. The molecule has 1 fully saturated rings. The first-order valence-electron chi connectivity index (χ1n) is 12.6. The Labute approximate surface area is 205 Å². The number of Topliss-reactive ketones (excluding diaryl/α,β-unsaturated/α-hetero) is 2. The van der Waals surface area contributed by atoms with Gasteiger partial charge >= 0.3 is 0 Å². The number of ether oxygens (including phenoxy) is 1. The summed E-state index contributed by atoms with van der Waals surface area (Å²) in [6, 6.07) is 7.12. The maximum Gasteiger partial charge on any atom is 0.190 e. The third-order valence-electron chi connectivity index (χ3n) is 7.20. The Morgan fingerprint density at radius 2 is 1.56 bits per heavy atom. The predicted octanol–water partition coefficient (Wildman–Crippen LogP) is 8.13. The Bertz CT molecular complexity index is 1060. The highest BCUT2D eigenvalue weighted by Crippen LogP contribution is 2.43. The van der Waals surface area contributed by atoms with Crippen LogP contribution in [0.2, 0.25) is 0 Å². The minimum absolute atomic E-state index is 0.0114. The van der Waals surface area contributed by atoms with Gasteiger partial charge in [-0.05, 0) is 86.5 Å². The smallest absolute Gasteiger partial charge is 0.190 e. The number of ketones is 2. The van der Waals surface area contributed by atoms with Crippen LogP contribution in [0.5, 0.6) is 0 Å². The maximum absolute atomic E-state index is 12.9. The van der Waals surface area contributed by atoms with Gasteiger partial charge in [0.2, 0.25) is 0 Å². The molecule has 1 aromatic rings. The molecule has 0 amide bonds. The Morgan fingerprint density at radius 1 is 0.912 bits per heavy atom. The molecule has 2 aliphatic rings. The van der Waals surface area contributed by atoms with Crippen molar-refractivity contribution in [2.75, 3.05) is 0 Å². The highest BCUT2D eigenvalue weighted by atomic mass is 16.6. The van der Waals surface area contributed by atoms with Gasteiger partial charge in [0.15, 0.2) is 11.6 Å². The molecule has 34 heavy (non-hydrogen) atoms. The van der Waals surface area contributed by atoms with Gasteiger partial charge < -0.3 is 4.74 Å². The summed E-state index contributed by atoms with van der Waals surface area (Å²) in [6.07, 6.45) is 14.0. The summed E-state index contributed by atoms with van der Waals surface area (Å²) in [6.45, 7) is 12.6. The summed E-state index contributed by atoms with van der Waals surface area (Å²) in [5.41, 5.74) is 6.38. The number of epoxide rings is 1. The summed E-state index contributed by atoms with van der Waals surface area (Å²) in [7, 11) is 0. The molecule has 0 radical (unpaired) electrons. The molecule has 2 atom stereocenters. The third-order valence-corrected chi connectivity index (χ3v) is 7.20. The second-order valence-corrected chi connectivity index (χ2v) is 10.4. The first-order valence-corrected chi connectivity index (χ1v) is 12.6. The third kappa shape index (κ3) is 6.54. The van der Waals surface area contributed by atoms with Crippen LogP contribution in [0.15, 0.2) is 70.4 Å². The lowest BCUT2D eigenvalue weighted by Crippen LogP contribution is -2.20. The molecule has 1 saturated heterocycles. The number of allylic oxidation sites excluding steroid dienone is 8. The van der Waals surface area contributed by atoms with Crippen molar-refractivity contribution in [3.8, 4) is 0 Å². The molecular weight excluding hydrogens is 420 g/mol. The first-order chi connectivity index (χ1) is 16.1. The monoisotopic (exact) mass is 460 g/mol. The minimum Gasteiger partial charge on any atom is -0.366 e. The van der Waals surface area contributed by atoms with Gasteiger partial charge in [0, 0.05) is 22.3 Å². The summed E-state index contributed by atoms with van der Waals surface area (Å²) in [5, 5.41) is 0. The zero-order chi connectivity index (χ0) is 24.9. The molecule has 0 saturated carbocycles. The van der Waals surface area contributed by atoms with E-state index in [4.69, 9.17) is 4.74 Å². The molecule has 1 aliphatic heterocycles. The lowest BCUT2D eigenvalue weighted by atomic mass is 9.83. The summed E-state index contributed by atoms with van der Waals surface area (Å²) >= 11 is 0. The number of hydrogen-bond acceptors (Lipinski definition) is 3. The molecule has 182 valence electrons. The zero-order valence-electron chi connectivity index (χ0n) is 21.8. The number of rotatable bonds is 11. The van der Waals surface area contributed by atoms with Crippen molar-refractivity contribution in [3.05, 3.63) is 81.5 Å². The van der Waals surface area contributed by atoms with Crippen molar-refractivity contribution >= 4 is 11.6 Å². The minimum atomic E-state index is -0.0255. The van der Waals surface area contributed by atoms with Crippen molar-refractivity contribution in [1.29, 1.82) is 0 Å². The average molecular weight is 461 g/mol. The van der Waals surface area contributed by atoms with Gasteiger partial charge in [-0.25, -0.2) is 0 Å². The van der Waals surface area contributed by atoms with E-state index in [2.05, 4.69) is 52.8 Å². The Kier molecular flexibility index (Phi) is 8.65. The van der Waals surface area contributed by atoms with Crippen LogP contribution in [0.3, 0.4) is 0 Å². The standard InChI is InChI=1S/C31H40O3/c1-21(2)11-10-20-31(6)28(34-31)19-17-23(4)13-9-12-22(3)16-18-25-24(5)29(32)26-14-7-8-15-27(26)30(25)33/h7-8,11,13-16,28H,9-10,12,17-20H2,1-6H3. The molecule has 3 rings (SSSR count). The SMILES string of the molecule is CC(C)=CCCC1(C)OC1CCC(C)=CCCC(C)=CCC1=C(C)C(=O)c2ccccc2C1=O. The fraction of sp³-hybridized carbons (Fsp3) is 0.484. The summed E-state index contributed by atoms with van der Waals surface area (Å²) in [4.78, 5) is 25.5. The van der Waals surface area contributed by atoms with E-state index in [1.165, 1.54) is 16.7 Å². The van der Waals surface area contributed by atoms with Crippen molar-refractivity contribution in [3.63, 3.8) is 0 Å². The molecular formula is C31H40O3. The Morgan fingerprint density at radius 3 is 2.24 bits per heavy atom. The van der Waals surface area contributed by atoms with Gasteiger partial charge in [-0.15, -0.1) is 0 Å². The van der Waals surface area contributed by atoms with Crippen molar-refractivity contribution < 1.29 is 14.3 Å². The van der Waals surface area contributed by atoms with E-state index in [9.17, 15) is 9.59 Å². The van der Waals surface area contributed by atoms with Gasteiger partial charge in [0.1, 0.15) is 0 Å². The number of carbonyl (C=O) groups is 2. The molecule has 0 bridgehead atoms. The van der Waals surface area contributed by atoms with E-state index in [1.807, 2.05) is 12.1 Å².